The Morgan fingerprint density at radius 1 is 1.50 bits per heavy atom. The number of likely N-dealkylation sites (tertiary alicyclic amines) is 1. The lowest BCUT2D eigenvalue weighted by Gasteiger charge is -2.23. The van der Waals surface area contributed by atoms with Gasteiger partial charge < -0.3 is 15.6 Å². The third-order valence-electron chi connectivity index (χ3n) is 3.87. The number of benzene rings is 1. The van der Waals surface area contributed by atoms with Crippen LogP contribution in [0.4, 0.5) is 0 Å². The van der Waals surface area contributed by atoms with Crippen LogP contribution in [-0.4, -0.2) is 36.8 Å². The van der Waals surface area contributed by atoms with E-state index in [9.17, 15) is 5.11 Å². The Bertz CT molecular complexity index is 473. The van der Waals surface area contributed by atoms with Gasteiger partial charge in [0.25, 0.3) is 0 Å². The maximum absolute atomic E-state index is 9.85. The molecule has 1 aliphatic heterocycles. The van der Waals surface area contributed by atoms with Gasteiger partial charge in [0.2, 0.25) is 0 Å². The molecule has 0 aliphatic carbocycles. The van der Waals surface area contributed by atoms with E-state index >= 15 is 0 Å². The summed E-state index contributed by atoms with van der Waals surface area (Å²) in [6.45, 7) is 5.81. The molecule has 1 fully saturated rings. The highest BCUT2D eigenvalue weighted by Crippen LogP contribution is 2.35. The van der Waals surface area contributed by atoms with Crippen molar-refractivity contribution in [2.24, 2.45) is 11.1 Å². The van der Waals surface area contributed by atoms with Crippen molar-refractivity contribution in [2.45, 2.75) is 19.9 Å². The van der Waals surface area contributed by atoms with E-state index in [-0.39, 0.29) is 23.6 Å². The van der Waals surface area contributed by atoms with Crippen molar-refractivity contribution in [3.63, 3.8) is 0 Å². The minimum Gasteiger partial charge on any atom is -0.504 e. The fraction of sp³-hybridized carbons (Fsp3) is 0.571. The SMILES string of the molecule is COc1cc(Br)c(CN2CCC(C)(CN)C2)cc1O.Cl. The number of halogens is 2. The third-order valence-corrected chi connectivity index (χ3v) is 4.61. The van der Waals surface area contributed by atoms with Crippen LogP contribution in [0.5, 0.6) is 11.5 Å². The maximum Gasteiger partial charge on any atom is 0.161 e. The number of methoxy groups -OCH3 is 1. The summed E-state index contributed by atoms with van der Waals surface area (Å²) in [4.78, 5) is 2.37. The van der Waals surface area contributed by atoms with Gasteiger partial charge in [-0.05, 0) is 42.6 Å². The number of nitrogens with two attached hydrogens (primary N) is 1. The van der Waals surface area contributed by atoms with E-state index in [1.54, 1.807) is 13.2 Å². The van der Waals surface area contributed by atoms with Gasteiger partial charge in [0.05, 0.1) is 7.11 Å². The van der Waals surface area contributed by atoms with Gasteiger partial charge in [0, 0.05) is 17.6 Å². The lowest BCUT2D eigenvalue weighted by atomic mass is 9.90. The molecule has 0 aromatic heterocycles. The van der Waals surface area contributed by atoms with Gasteiger partial charge >= 0.3 is 0 Å². The van der Waals surface area contributed by atoms with E-state index < -0.39 is 0 Å². The quantitative estimate of drug-likeness (QED) is 0.861. The zero-order chi connectivity index (χ0) is 14.0. The molecule has 114 valence electrons. The zero-order valence-corrected chi connectivity index (χ0v) is 14.3. The Morgan fingerprint density at radius 2 is 2.20 bits per heavy atom. The molecule has 1 atom stereocenters. The Labute approximate surface area is 134 Å². The fourth-order valence-corrected chi connectivity index (χ4v) is 2.99. The molecule has 1 aliphatic rings. The minimum atomic E-state index is 0. The molecule has 0 radical (unpaired) electrons. The summed E-state index contributed by atoms with van der Waals surface area (Å²) in [6, 6.07) is 3.57. The molecule has 1 unspecified atom stereocenters. The molecule has 0 saturated carbocycles. The van der Waals surface area contributed by atoms with Crippen molar-refractivity contribution in [1.29, 1.82) is 0 Å². The summed E-state index contributed by atoms with van der Waals surface area (Å²) < 4.78 is 6.05. The predicted octanol–water partition coefficient (Wildman–Crippen LogP) is 2.76. The van der Waals surface area contributed by atoms with Gasteiger partial charge in [-0.1, -0.05) is 22.9 Å². The number of aromatic hydroxyl groups is 1. The van der Waals surface area contributed by atoms with Gasteiger partial charge in [-0.15, -0.1) is 12.4 Å². The molecule has 2 rings (SSSR count). The maximum atomic E-state index is 9.85. The monoisotopic (exact) mass is 364 g/mol. The number of hydrogen-bond donors (Lipinski definition) is 2. The lowest BCUT2D eigenvalue weighted by Crippen LogP contribution is -2.31. The van der Waals surface area contributed by atoms with Crippen molar-refractivity contribution < 1.29 is 9.84 Å². The van der Waals surface area contributed by atoms with Crippen LogP contribution in [0.2, 0.25) is 0 Å². The number of ether oxygens (including phenoxy) is 1. The summed E-state index contributed by atoms with van der Waals surface area (Å²) in [5.74, 6) is 0.672. The smallest absolute Gasteiger partial charge is 0.161 e. The highest BCUT2D eigenvalue weighted by molar-refractivity contribution is 9.10. The molecular formula is C14H22BrClN2O2. The lowest BCUT2D eigenvalue weighted by molar-refractivity contribution is 0.273. The summed E-state index contributed by atoms with van der Waals surface area (Å²) in [5, 5.41) is 9.85. The Morgan fingerprint density at radius 3 is 2.75 bits per heavy atom. The Balaban J connectivity index is 0.00000200. The predicted molar refractivity (Wildman–Crippen MR) is 86.7 cm³/mol. The van der Waals surface area contributed by atoms with Crippen LogP contribution in [0.25, 0.3) is 0 Å². The van der Waals surface area contributed by atoms with Crippen LogP contribution in [0.15, 0.2) is 16.6 Å². The standard InChI is InChI=1S/C14H21BrN2O2.ClH/c1-14(8-16)3-4-17(9-14)7-10-5-12(18)13(19-2)6-11(10)15;/h5-6,18H,3-4,7-9,16H2,1-2H3;1H. The van der Waals surface area contributed by atoms with E-state index in [0.29, 0.717) is 5.75 Å². The topological polar surface area (TPSA) is 58.7 Å². The normalized spacial score (nSPS) is 22.6. The average Bonchev–Trinajstić information content (AvgIpc) is 2.76. The van der Waals surface area contributed by atoms with Crippen molar-refractivity contribution in [1.82, 2.24) is 4.90 Å². The molecule has 3 N–H and O–H groups in total. The van der Waals surface area contributed by atoms with Crippen LogP contribution in [-0.2, 0) is 6.54 Å². The average molecular weight is 366 g/mol. The van der Waals surface area contributed by atoms with Crippen LogP contribution >= 0.6 is 28.3 Å². The van der Waals surface area contributed by atoms with Crippen molar-refractivity contribution in [2.75, 3.05) is 26.7 Å². The molecule has 0 spiro atoms. The summed E-state index contributed by atoms with van der Waals surface area (Å²) in [7, 11) is 1.55. The van der Waals surface area contributed by atoms with Crippen LogP contribution in [0, 0.1) is 5.41 Å². The summed E-state index contributed by atoms with van der Waals surface area (Å²) >= 11 is 3.53. The largest absolute Gasteiger partial charge is 0.504 e. The summed E-state index contributed by atoms with van der Waals surface area (Å²) in [5.41, 5.74) is 7.12. The van der Waals surface area contributed by atoms with Gasteiger partial charge in [0.15, 0.2) is 11.5 Å². The molecule has 6 heteroatoms. The summed E-state index contributed by atoms with van der Waals surface area (Å²) in [6.07, 6.45) is 1.13. The number of hydrogen-bond acceptors (Lipinski definition) is 4. The van der Waals surface area contributed by atoms with Gasteiger partial charge in [-0.2, -0.15) is 0 Å². The van der Waals surface area contributed by atoms with Crippen molar-refractivity contribution >= 4 is 28.3 Å². The van der Waals surface area contributed by atoms with Crippen molar-refractivity contribution in [3.05, 3.63) is 22.2 Å². The highest BCUT2D eigenvalue weighted by atomic mass is 79.9. The first-order chi connectivity index (χ1) is 8.97. The molecule has 1 aromatic carbocycles. The number of rotatable bonds is 4. The van der Waals surface area contributed by atoms with Crippen LogP contribution < -0.4 is 10.5 Å². The number of nitrogens with zero attached hydrogens (tertiary/aromatic N) is 1. The Hall–Kier alpha value is -0.490. The molecule has 1 aromatic rings. The molecule has 0 bridgehead atoms. The molecular weight excluding hydrogens is 344 g/mol. The first kappa shape index (κ1) is 17.6. The molecule has 4 nitrogen and oxygen atoms in total. The molecule has 1 saturated heterocycles. The molecule has 0 amide bonds. The van der Waals surface area contributed by atoms with Gasteiger partial charge in [-0.3, -0.25) is 4.90 Å². The second-order valence-corrected chi connectivity index (χ2v) is 6.45. The van der Waals surface area contributed by atoms with E-state index in [0.717, 1.165) is 42.6 Å². The van der Waals surface area contributed by atoms with Crippen LogP contribution in [0.1, 0.15) is 18.9 Å². The van der Waals surface area contributed by atoms with E-state index in [1.807, 2.05) is 6.07 Å². The molecule has 1 heterocycles. The number of phenolic OH excluding ortho intramolecular Hbond substituents is 1. The minimum absolute atomic E-state index is 0. The fourth-order valence-electron chi connectivity index (χ4n) is 2.54. The van der Waals surface area contributed by atoms with Gasteiger partial charge in [0.1, 0.15) is 0 Å². The number of phenols is 1. The Kier molecular flexibility index (Phi) is 6.13. The second-order valence-electron chi connectivity index (χ2n) is 5.59. The first-order valence-corrected chi connectivity index (χ1v) is 7.24. The zero-order valence-electron chi connectivity index (χ0n) is 11.9. The van der Waals surface area contributed by atoms with Gasteiger partial charge in [-0.25, -0.2) is 0 Å². The molecule has 20 heavy (non-hydrogen) atoms. The van der Waals surface area contributed by atoms with E-state index in [4.69, 9.17) is 10.5 Å². The van der Waals surface area contributed by atoms with Crippen LogP contribution in [0.3, 0.4) is 0 Å². The first-order valence-electron chi connectivity index (χ1n) is 6.45. The second kappa shape index (κ2) is 6.98. The van der Waals surface area contributed by atoms with E-state index in [1.165, 1.54) is 0 Å². The van der Waals surface area contributed by atoms with E-state index in [2.05, 4.69) is 27.8 Å². The van der Waals surface area contributed by atoms with Crippen molar-refractivity contribution in [3.8, 4) is 11.5 Å². The third kappa shape index (κ3) is 3.79. The highest BCUT2D eigenvalue weighted by Gasteiger charge is 2.32.